The molecule has 1 aromatic heterocycles. The molecule has 0 radical (unpaired) electrons. The van der Waals surface area contributed by atoms with Crippen LogP contribution in [-0.4, -0.2) is 11.6 Å². The fourth-order valence-electron chi connectivity index (χ4n) is 1.68. The molecule has 1 N–H and O–H groups in total. The number of thiazole rings is 1. The summed E-state index contributed by atoms with van der Waals surface area (Å²) in [5, 5.41) is 6.49. The Labute approximate surface area is 126 Å². The van der Waals surface area contributed by atoms with E-state index < -0.39 is 0 Å². The highest BCUT2D eigenvalue weighted by molar-refractivity contribution is 9.10. The molecule has 0 aliphatic carbocycles. The van der Waals surface area contributed by atoms with Crippen LogP contribution in [0.1, 0.15) is 23.9 Å². The van der Waals surface area contributed by atoms with Gasteiger partial charge in [0.05, 0.1) is 6.61 Å². The van der Waals surface area contributed by atoms with E-state index in [1.54, 1.807) is 11.3 Å². The summed E-state index contributed by atoms with van der Waals surface area (Å²) in [5.41, 5.74) is 1.17. The minimum absolute atomic E-state index is 0.751. The minimum atomic E-state index is 0.751. The number of nitrogens with one attached hydrogen (secondary N) is 1. The van der Waals surface area contributed by atoms with Crippen molar-refractivity contribution in [1.82, 2.24) is 10.3 Å². The van der Waals surface area contributed by atoms with Gasteiger partial charge < -0.3 is 10.1 Å². The number of nitrogens with zero attached hydrogens (tertiary/aromatic N) is 1. The summed E-state index contributed by atoms with van der Waals surface area (Å²) in [5.74, 6) is 0.955. The molecule has 0 aliphatic heterocycles. The maximum atomic E-state index is 5.76. The predicted octanol–water partition coefficient (Wildman–Crippen LogP) is 3.98. The van der Waals surface area contributed by atoms with E-state index in [9.17, 15) is 0 Å². The van der Waals surface area contributed by atoms with E-state index in [1.807, 2.05) is 23.7 Å². The zero-order valence-electron chi connectivity index (χ0n) is 10.9. The Morgan fingerprint density at radius 3 is 3.00 bits per heavy atom. The molecule has 5 heteroatoms. The number of hydrogen-bond acceptors (Lipinski definition) is 4. The first-order chi connectivity index (χ1) is 9.29. The fraction of sp³-hybridized carbons (Fsp3) is 0.357. The SMILES string of the molecule is CCCOc1ccc(Br)cc1CNCc1nccs1. The Hall–Kier alpha value is -0.910. The average Bonchev–Trinajstić information content (AvgIpc) is 2.91. The highest BCUT2D eigenvalue weighted by Gasteiger charge is 2.05. The minimum Gasteiger partial charge on any atom is -0.493 e. The third kappa shape index (κ3) is 4.60. The predicted molar refractivity (Wildman–Crippen MR) is 82.6 cm³/mol. The Bertz CT molecular complexity index is 502. The molecule has 0 aliphatic rings. The molecular weight excluding hydrogens is 324 g/mol. The van der Waals surface area contributed by atoms with Crippen molar-refractivity contribution in [2.24, 2.45) is 0 Å². The highest BCUT2D eigenvalue weighted by Crippen LogP contribution is 2.23. The van der Waals surface area contributed by atoms with Crippen LogP contribution < -0.4 is 10.1 Å². The number of ether oxygens (including phenoxy) is 1. The summed E-state index contributed by atoms with van der Waals surface area (Å²) in [7, 11) is 0. The Kier molecular flexibility index (Phi) is 5.82. The molecule has 0 fully saturated rings. The monoisotopic (exact) mass is 340 g/mol. The van der Waals surface area contributed by atoms with Gasteiger partial charge in [0.1, 0.15) is 10.8 Å². The first kappa shape index (κ1) is 14.5. The maximum absolute atomic E-state index is 5.76. The van der Waals surface area contributed by atoms with E-state index in [0.717, 1.165) is 41.3 Å². The number of hydrogen-bond donors (Lipinski definition) is 1. The lowest BCUT2D eigenvalue weighted by molar-refractivity contribution is 0.313. The molecule has 0 unspecified atom stereocenters. The summed E-state index contributed by atoms with van der Waals surface area (Å²) in [6, 6.07) is 6.12. The molecule has 0 amide bonds. The number of rotatable bonds is 7. The molecule has 2 rings (SSSR count). The van der Waals surface area contributed by atoms with Gasteiger partial charge in [0.25, 0.3) is 0 Å². The zero-order chi connectivity index (χ0) is 13.5. The first-order valence-electron chi connectivity index (χ1n) is 6.30. The Morgan fingerprint density at radius 2 is 2.26 bits per heavy atom. The van der Waals surface area contributed by atoms with Crippen LogP contribution in [0.5, 0.6) is 5.75 Å². The van der Waals surface area contributed by atoms with Crippen molar-refractivity contribution in [3.63, 3.8) is 0 Å². The normalized spacial score (nSPS) is 10.6. The van der Waals surface area contributed by atoms with Crippen molar-refractivity contribution in [1.29, 1.82) is 0 Å². The van der Waals surface area contributed by atoms with Crippen molar-refractivity contribution in [2.45, 2.75) is 26.4 Å². The van der Waals surface area contributed by atoms with Crippen LogP contribution in [0.2, 0.25) is 0 Å². The van der Waals surface area contributed by atoms with Gasteiger partial charge in [0.15, 0.2) is 0 Å². The molecule has 2 aromatic rings. The van der Waals surface area contributed by atoms with E-state index in [4.69, 9.17) is 4.74 Å². The Morgan fingerprint density at radius 1 is 1.37 bits per heavy atom. The van der Waals surface area contributed by atoms with Gasteiger partial charge in [-0.05, 0) is 24.6 Å². The van der Waals surface area contributed by atoms with Gasteiger partial charge in [0.2, 0.25) is 0 Å². The lowest BCUT2D eigenvalue weighted by Gasteiger charge is -2.12. The van der Waals surface area contributed by atoms with Crippen molar-refractivity contribution in [3.8, 4) is 5.75 Å². The largest absolute Gasteiger partial charge is 0.493 e. The standard InChI is InChI=1S/C14H17BrN2OS/c1-2-6-18-13-4-3-12(15)8-11(13)9-16-10-14-17-5-7-19-14/h3-5,7-8,16H,2,6,9-10H2,1H3. The molecule has 1 heterocycles. The van der Waals surface area contributed by atoms with E-state index >= 15 is 0 Å². The zero-order valence-corrected chi connectivity index (χ0v) is 13.3. The fourth-order valence-corrected chi connectivity index (χ4v) is 2.68. The van der Waals surface area contributed by atoms with Gasteiger partial charge in [-0.2, -0.15) is 0 Å². The third-order valence-corrected chi connectivity index (χ3v) is 3.83. The molecule has 19 heavy (non-hydrogen) atoms. The Balaban J connectivity index is 1.95. The van der Waals surface area contributed by atoms with Crippen LogP contribution in [0.3, 0.4) is 0 Å². The van der Waals surface area contributed by atoms with E-state index in [1.165, 1.54) is 5.56 Å². The van der Waals surface area contributed by atoms with Crippen molar-refractivity contribution >= 4 is 27.3 Å². The van der Waals surface area contributed by atoms with Gasteiger partial charge in [-0.25, -0.2) is 4.98 Å². The van der Waals surface area contributed by atoms with Crippen molar-refractivity contribution < 1.29 is 4.74 Å². The molecule has 0 bridgehead atoms. The van der Waals surface area contributed by atoms with E-state index in [2.05, 4.69) is 39.2 Å². The van der Waals surface area contributed by atoms with Gasteiger partial charge in [-0.3, -0.25) is 0 Å². The second-order valence-corrected chi connectivity index (χ2v) is 6.02. The first-order valence-corrected chi connectivity index (χ1v) is 7.97. The summed E-state index contributed by atoms with van der Waals surface area (Å²) < 4.78 is 6.83. The number of aromatic nitrogens is 1. The lowest BCUT2D eigenvalue weighted by atomic mass is 10.2. The van der Waals surface area contributed by atoms with Crippen LogP contribution in [-0.2, 0) is 13.1 Å². The van der Waals surface area contributed by atoms with Crippen LogP contribution in [0.25, 0.3) is 0 Å². The molecule has 102 valence electrons. The molecule has 0 saturated heterocycles. The number of benzene rings is 1. The third-order valence-electron chi connectivity index (χ3n) is 2.56. The molecule has 0 saturated carbocycles. The molecular formula is C14H17BrN2OS. The second kappa shape index (κ2) is 7.62. The van der Waals surface area contributed by atoms with Crippen molar-refractivity contribution in [3.05, 3.63) is 44.8 Å². The van der Waals surface area contributed by atoms with Crippen LogP contribution >= 0.6 is 27.3 Å². The molecule has 0 spiro atoms. The van der Waals surface area contributed by atoms with E-state index in [0.29, 0.717) is 0 Å². The summed E-state index contributed by atoms with van der Waals surface area (Å²) >= 11 is 5.17. The highest BCUT2D eigenvalue weighted by atomic mass is 79.9. The second-order valence-electron chi connectivity index (χ2n) is 4.13. The van der Waals surface area contributed by atoms with Gasteiger partial charge in [-0.1, -0.05) is 22.9 Å². The lowest BCUT2D eigenvalue weighted by Crippen LogP contribution is -2.13. The quantitative estimate of drug-likeness (QED) is 0.827. The van der Waals surface area contributed by atoms with Gasteiger partial charge in [0, 0.05) is 34.7 Å². The van der Waals surface area contributed by atoms with Crippen LogP contribution in [0, 0.1) is 0 Å². The number of halogens is 1. The topological polar surface area (TPSA) is 34.1 Å². The smallest absolute Gasteiger partial charge is 0.123 e. The average molecular weight is 341 g/mol. The van der Waals surface area contributed by atoms with Gasteiger partial charge >= 0.3 is 0 Å². The summed E-state index contributed by atoms with van der Waals surface area (Å²) in [4.78, 5) is 4.25. The van der Waals surface area contributed by atoms with Crippen LogP contribution in [0.4, 0.5) is 0 Å². The molecule has 3 nitrogen and oxygen atoms in total. The summed E-state index contributed by atoms with van der Waals surface area (Å²) in [6.07, 6.45) is 2.85. The van der Waals surface area contributed by atoms with Crippen molar-refractivity contribution in [2.75, 3.05) is 6.61 Å². The van der Waals surface area contributed by atoms with Crippen LogP contribution in [0.15, 0.2) is 34.2 Å². The van der Waals surface area contributed by atoms with Gasteiger partial charge in [-0.15, -0.1) is 11.3 Å². The maximum Gasteiger partial charge on any atom is 0.123 e. The van der Waals surface area contributed by atoms with E-state index in [-0.39, 0.29) is 0 Å². The summed E-state index contributed by atoms with van der Waals surface area (Å²) in [6.45, 7) is 4.43. The molecule has 1 aromatic carbocycles. The molecule has 0 atom stereocenters.